The van der Waals surface area contributed by atoms with Gasteiger partial charge in [-0.2, -0.15) is 5.26 Å². The van der Waals surface area contributed by atoms with E-state index in [1.54, 1.807) is 28.0 Å². The van der Waals surface area contributed by atoms with Crippen molar-refractivity contribution in [2.45, 2.75) is 20.8 Å². The summed E-state index contributed by atoms with van der Waals surface area (Å²) >= 11 is 0. The van der Waals surface area contributed by atoms with Gasteiger partial charge in [-0.25, -0.2) is 9.78 Å². The summed E-state index contributed by atoms with van der Waals surface area (Å²) in [6.45, 7) is 9.76. The van der Waals surface area contributed by atoms with Crippen LogP contribution in [0, 0.1) is 32.1 Å². The van der Waals surface area contributed by atoms with Gasteiger partial charge in [0, 0.05) is 50.6 Å². The number of carbonyl (C=O) groups excluding carboxylic acids is 2. The summed E-state index contributed by atoms with van der Waals surface area (Å²) in [5, 5.41) is 12.4. The van der Waals surface area contributed by atoms with Crippen molar-refractivity contribution in [1.82, 2.24) is 15.2 Å². The quantitative estimate of drug-likeness (QED) is 0.826. The zero-order chi connectivity index (χ0) is 22.1. The lowest BCUT2D eigenvalue weighted by Gasteiger charge is -2.36. The van der Waals surface area contributed by atoms with E-state index in [1.165, 1.54) is 5.56 Å². The Kier molecular flexibility index (Phi) is 5.51. The van der Waals surface area contributed by atoms with Gasteiger partial charge >= 0.3 is 6.03 Å². The third-order valence-corrected chi connectivity index (χ3v) is 6.02. The molecule has 4 rings (SSSR count). The van der Waals surface area contributed by atoms with E-state index in [4.69, 9.17) is 4.98 Å². The van der Waals surface area contributed by atoms with Gasteiger partial charge in [0.05, 0.1) is 11.1 Å². The fourth-order valence-electron chi connectivity index (χ4n) is 4.14. The number of amides is 3. The first-order valence-electron chi connectivity index (χ1n) is 10.5. The average molecular weight is 419 g/mol. The van der Waals surface area contributed by atoms with Gasteiger partial charge in [-0.3, -0.25) is 9.69 Å². The van der Waals surface area contributed by atoms with E-state index in [1.807, 2.05) is 6.92 Å². The second kappa shape index (κ2) is 8.26. The van der Waals surface area contributed by atoms with Crippen molar-refractivity contribution in [3.63, 3.8) is 0 Å². The second-order valence-corrected chi connectivity index (χ2v) is 8.04. The number of nitrogens with zero attached hydrogens (tertiary/aromatic N) is 5. The molecule has 8 heteroatoms. The standard InChI is InChI=1S/C23H26N6O2/c1-15-12-16(2)21(26-17(15)3)27-8-10-28(11-9-27)22(30)20-5-4-19(13-18(20)14-24)29-7-6-25-23(29)31/h4-5,12-13H,6-11H2,1-3H3,(H,25,31). The van der Waals surface area contributed by atoms with Crippen LogP contribution < -0.4 is 15.1 Å². The molecule has 0 saturated carbocycles. The Labute approximate surface area is 182 Å². The highest BCUT2D eigenvalue weighted by Crippen LogP contribution is 2.24. The lowest BCUT2D eigenvalue weighted by atomic mass is 10.0. The van der Waals surface area contributed by atoms with Crippen molar-refractivity contribution in [3.05, 3.63) is 52.2 Å². The predicted octanol–water partition coefficient (Wildman–Crippen LogP) is 2.37. The normalized spacial score (nSPS) is 16.3. The van der Waals surface area contributed by atoms with Gasteiger partial charge in [0.1, 0.15) is 11.9 Å². The van der Waals surface area contributed by atoms with Gasteiger partial charge in [-0.05, 0) is 50.1 Å². The van der Waals surface area contributed by atoms with Crippen LogP contribution in [0.3, 0.4) is 0 Å². The fraction of sp³-hybridized carbons (Fsp3) is 0.391. The number of aryl methyl sites for hydroxylation is 3. The summed E-state index contributed by atoms with van der Waals surface area (Å²) in [5.74, 6) is 0.819. The summed E-state index contributed by atoms with van der Waals surface area (Å²) in [7, 11) is 0. The third kappa shape index (κ3) is 3.91. The van der Waals surface area contributed by atoms with E-state index in [9.17, 15) is 14.9 Å². The molecule has 0 radical (unpaired) electrons. The van der Waals surface area contributed by atoms with Crippen molar-refractivity contribution in [1.29, 1.82) is 5.26 Å². The molecule has 160 valence electrons. The SMILES string of the molecule is Cc1cc(C)c(N2CCN(C(=O)c3ccc(N4CCNC4=O)cc3C#N)CC2)nc1C. The fourth-order valence-corrected chi connectivity index (χ4v) is 4.14. The Morgan fingerprint density at radius 1 is 1.06 bits per heavy atom. The van der Waals surface area contributed by atoms with Gasteiger partial charge in [0.15, 0.2) is 0 Å². The van der Waals surface area contributed by atoms with E-state index in [-0.39, 0.29) is 17.5 Å². The first-order chi connectivity index (χ1) is 14.9. The third-order valence-electron chi connectivity index (χ3n) is 6.02. The monoisotopic (exact) mass is 418 g/mol. The molecular weight excluding hydrogens is 392 g/mol. The van der Waals surface area contributed by atoms with Crippen LogP contribution in [-0.2, 0) is 0 Å². The number of pyridine rings is 1. The molecule has 0 unspecified atom stereocenters. The van der Waals surface area contributed by atoms with E-state index in [2.05, 4.69) is 36.2 Å². The van der Waals surface area contributed by atoms with Crippen LogP contribution in [0.15, 0.2) is 24.3 Å². The number of aromatic nitrogens is 1. The Morgan fingerprint density at radius 3 is 2.45 bits per heavy atom. The number of hydrogen-bond acceptors (Lipinski definition) is 5. The van der Waals surface area contributed by atoms with Crippen LogP contribution in [0.4, 0.5) is 16.3 Å². The molecule has 8 nitrogen and oxygen atoms in total. The molecule has 0 bridgehead atoms. The number of anilines is 2. The topological polar surface area (TPSA) is 92.6 Å². The Morgan fingerprint density at radius 2 is 1.81 bits per heavy atom. The number of hydrogen-bond donors (Lipinski definition) is 1. The van der Waals surface area contributed by atoms with Crippen LogP contribution in [0.1, 0.15) is 32.7 Å². The molecule has 1 N–H and O–H groups in total. The first-order valence-corrected chi connectivity index (χ1v) is 10.5. The number of nitriles is 1. The lowest BCUT2D eigenvalue weighted by molar-refractivity contribution is 0.0746. The van der Waals surface area contributed by atoms with Crippen LogP contribution in [0.25, 0.3) is 0 Å². The number of carbonyl (C=O) groups is 2. The number of urea groups is 1. The number of piperazine rings is 1. The van der Waals surface area contributed by atoms with Gasteiger partial charge in [-0.15, -0.1) is 0 Å². The predicted molar refractivity (Wildman–Crippen MR) is 118 cm³/mol. The molecule has 2 aliphatic heterocycles. The van der Waals surface area contributed by atoms with E-state index in [0.29, 0.717) is 50.5 Å². The molecule has 2 aromatic rings. The molecule has 2 aliphatic rings. The summed E-state index contributed by atoms with van der Waals surface area (Å²) in [6, 6.07) is 9.10. The largest absolute Gasteiger partial charge is 0.353 e. The minimum Gasteiger partial charge on any atom is -0.353 e. The van der Waals surface area contributed by atoms with E-state index < -0.39 is 0 Å². The summed E-state index contributed by atoms with van der Waals surface area (Å²) in [4.78, 5) is 35.4. The molecule has 2 fully saturated rings. The average Bonchev–Trinajstić information content (AvgIpc) is 3.21. The van der Waals surface area contributed by atoms with Crippen LogP contribution in [-0.4, -0.2) is 61.1 Å². The minimum absolute atomic E-state index is 0.154. The van der Waals surface area contributed by atoms with Gasteiger partial charge < -0.3 is 15.1 Å². The van der Waals surface area contributed by atoms with Crippen molar-refractivity contribution < 1.29 is 9.59 Å². The second-order valence-electron chi connectivity index (χ2n) is 8.04. The van der Waals surface area contributed by atoms with Gasteiger partial charge in [-0.1, -0.05) is 6.07 Å². The molecule has 1 aromatic heterocycles. The molecule has 3 amide bonds. The van der Waals surface area contributed by atoms with Gasteiger partial charge in [0.25, 0.3) is 5.91 Å². The molecule has 1 aromatic carbocycles. The van der Waals surface area contributed by atoms with Gasteiger partial charge in [0.2, 0.25) is 0 Å². The maximum Gasteiger partial charge on any atom is 0.321 e. The molecule has 2 saturated heterocycles. The summed E-state index contributed by atoms with van der Waals surface area (Å²) in [6.07, 6.45) is 0. The molecular formula is C23H26N6O2. The smallest absolute Gasteiger partial charge is 0.321 e. The summed E-state index contributed by atoms with van der Waals surface area (Å²) in [5.41, 5.74) is 4.62. The maximum atomic E-state index is 13.1. The van der Waals surface area contributed by atoms with Crippen LogP contribution in [0.5, 0.6) is 0 Å². The van der Waals surface area contributed by atoms with Crippen LogP contribution >= 0.6 is 0 Å². The van der Waals surface area contributed by atoms with Crippen molar-refractivity contribution in [2.75, 3.05) is 49.1 Å². The Balaban J connectivity index is 1.48. The molecule has 0 atom stereocenters. The zero-order valence-electron chi connectivity index (χ0n) is 18.1. The number of benzene rings is 1. The van der Waals surface area contributed by atoms with Crippen molar-refractivity contribution in [3.8, 4) is 6.07 Å². The number of nitrogens with one attached hydrogen (secondary N) is 1. The Bertz CT molecular complexity index is 1080. The molecule has 0 aliphatic carbocycles. The van der Waals surface area contributed by atoms with E-state index in [0.717, 1.165) is 17.1 Å². The number of rotatable bonds is 3. The molecule has 31 heavy (non-hydrogen) atoms. The zero-order valence-corrected chi connectivity index (χ0v) is 18.1. The van der Waals surface area contributed by atoms with Crippen molar-refractivity contribution >= 4 is 23.4 Å². The maximum absolute atomic E-state index is 13.1. The van der Waals surface area contributed by atoms with E-state index >= 15 is 0 Å². The highest BCUT2D eigenvalue weighted by atomic mass is 16.2. The lowest BCUT2D eigenvalue weighted by Crippen LogP contribution is -2.49. The Hall–Kier alpha value is -3.60. The molecule has 3 heterocycles. The molecule has 0 spiro atoms. The first kappa shape index (κ1) is 20.7. The van der Waals surface area contributed by atoms with Crippen molar-refractivity contribution in [2.24, 2.45) is 0 Å². The summed E-state index contributed by atoms with van der Waals surface area (Å²) < 4.78 is 0. The highest BCUT2D eigenvalue weighted by Gasteiger charge is 2.27. The van der Waals surface area contributed by atoms with Crippen LogP contribution in [0.2, 0.25) is 0 Å². The highest BCUT2D eigenvalue weighted by molar-refractivity contribution is 5.99. The minimum atomic E-state index is -0.186.